The summed E-state index contributed by atoms with van der Waals surface area (Å²) in [6.45, 7) is 3.91. The van der Waals surface area contributed by atoms with Crippen molar-refractivity contribution in [1.82, 2.24) is 4.98 Å². The average molecular weight is 261 g/mol. The van der Waals surface area contributed by atoms with Gasteiger partial charge >= 0.3 is 0 Å². The van der Waals surface area contributed by atoms with Crippen molar-refractivity contribution in [3.05, 3.63) is 23.4 Å². The van der Waals surface area contributed by atoms with Crippen molar-refractivity contribution >= 4 is 23.4 Å². The summed E-state index contributed by atoms with van der Waals surface area (Å²) < 4.78 is 0. The van der Waals surface area contributed by atoms with Gasteiger partial charge in [0.2, 0.25) is 0 Å². The van der Waals surface area contributed by atoms with Gasteiger partial charge < -0.3 is 10.8 Å². The Labute approximate surface area is 105 Å². The molecule has 3 N–H and O–H groups in total. The van der Waals surface area contributed by atoms with Gasteiger partial charge in [-0.3, -0.25) is 0 Å². The van der Waals surface area contributed by atoms with Crippen LogP contribution in [-0.4, -0.2) is 27.5 Å². The van der Waals surface area contributed by atoms with Gasteiger partial charge in [0.15, 0.2) is 0 Å². The van der Waals surface area contributed by atoms with E-state index < -0.39 is 5.54 Å². The predicted molar refractivity (Wildman–Crippen MR) is 68.9 cm³/mol. The molecular weight excluding hydrogens is 244 g/mol. The summed E-state index contributed by atoms with van der Waals surface area (Å²) in [6, 6.07) is 3.70. The zero-order valence-electron chi connectivity index (χ0n) is 9.48. The fraction of sp³-hybridized carbons (Fsp3) is 0.545. The molecule has 0 aliphatic rings. The Morgan fingerprint density at radius 2 is 2.31 bits per heavy atom. The van der Waals surface area contributed by atoms with Crippen LogP contribution in [0.25, 0.3) is 0 Å². The number of aromatic nitrogens is 1. The molecule has 0 bridgehead atoms. The number of aliphatic hydroxyl groups excluding tert-OH is 1. The lowest BCUT2D eigenvalue weighted by atomic mass is 9.99. The summed E-state index contributed by atoms with van der Waals surface area (Å²) in [4.78, 5) is 4.20. The fourth-order valence-electron chi connectivity index (χ4n) is 1.40. The van der Waals surface area contributed by atoms with Gasteiger partial charge in [-0.05, 0) is 25.5 Å². The smallest absolute Gasteiger partial charge is 0.0963 e. The number of thioether (sulfide) groups is 1. The number of rotatable bonds is 5. The third-order valence-electron chi connectivity index (χ3n) is 2.14. The zero-order chi connectivity index (χ0) is 12.2. The molecule has 1 aromatic rings. The van der Waals surface area contributed by atoms with Gasteiger partial charge in [-0.15, -0.1) is 11.8 Å². The number of hydrogen-bond donors (Lipinski definition) is 2. The third kappa shape index (κ3) is 4.70. The molecule has 3 nitrogen and oxygen atoms in total. The van der Waals surface area contributed by atoms with E-state index in [0.717, 1.165) is 11.4 Å². The quantitative estimate of drug-likeness (QED) is 0.798. The van der Waals surface area contributed by atoms with Crippen LogP contribution in [0, 0.1) is 0 Å². The van der Waals surface area contributed by atoms with Crippen LogP contribution in [0.15, 0.2) is 23.4 Å². The second-order valence-corrected chi connectivity index (χ2v) is 6.15. The Bertz CT molecular complexity index is 329. The molecule has 0 aromatic carbocycles. The Morgan fingerprint density at radius 3 is 2.81 bits per heavy atom. The SMILES string of the molecule is CC(CC(C)(N)CO)Sc1ccc(Cl)cn1. The summed E-state index contributed by atoms with van der Waals surface area (Å²) in [5, 5.41) is 10.9. The average Bonchev–Trinajstić information content (AvgIpc) is 2.21. The van der Waals surface area contributed by atoms with E-state index in [1.54, 1.807) is 18.0 Å². The highest BCUT2D eigenvalue weighted by molar-refractivity contribution is 7.99. The second kappa shape index (κ2) is 5.87. The van der Waals surface area contributed by atoms with Gasteiger partial charge in [0, 0.05) is 17.0 Å². The summed E-state index contributed by atoms with van der Waals surface area (Å²) in [6.07, 6.45) is 2.36. The first-order valence-corrected chi connectivity index (χ1v) is 6.37. The van der Waals surface area contributed by atoms with Crippen LogP contribution < -0.4 is 5.73 Å². The molecule has 0 saturated heterocycles. The van der Waals surface area contributed by atoms with Crippen LogP contribution in [0.4, 0.5) is 0 Å². The van der Waals surface area contributed by atoms with Crippen molar-refractivity contribution in [2.24, 2.45) is 5.73 Å². The molecule has 0 spiro atoms. The summed E-state index contributed by atoms with van der Waals surface area (Å²) in [5.41, 5.74) is 5.36. The summed E-state index contributed by atoms with van der Waals surface area (Å²) >= 11 is 7.39. The number of halogens is 1. The van der Waals surface area contributed by atoms with E-state index in [-0.39, 0.29) is 6.61 Å². The van der Waals surface area contributed by atoms with Crippen LogP contribution in [0.3, 0.4) is 0 Å². The third-order valence-corrected chi connectivity index (χ3v) is 3.41. The van der Waals surface area contributed by atoms with E-state index in [0.29, 0.717) is 10.3 Å². The maximum Gasteiger partial charge on any atom is 0.0963 e. The van der Waals surface area contributed by atoms with Crippen LogP contribution in [0.5, 0.6) is 0 Å². The van der Waals surface area contributed by atoms with Crippen molar-refractivity contribution in [2.75, 3.05) is 6.61 Å². The fourth-order valence-corrected chi connectivity index (χ4v) is 2.65. The first kappa shape index (κ1) is 13.8. The lowest BCUT2D eigenvalue weighted by Gasteiger charge is -2.25. The molecule has 2 unspecified atom stereocenters. The molecule has 0 radical (unpaired) electrons. The van der Waals surface area contributed by atoms with Gasteiger partial charge in [-0.2, -0.15) is 0 Å². The van der Waals surface area contributed by atoms with Crippen LogP contribution in [-0.2, 0) is 0 Å². The van der Waals surface area contributed by atoms with E-state index >= 15 is 0 Å². The molecule has 90 valence electrons. The second-order valence-electron chi connectivity index (χ2n) is 4.26. The Hall–Kier alpha value is -0.290. The van der Waals surface area contributed by atoms with Gasteiger partial charge in [0.1, 0.15) is 0 Å². The minimum Gasteiger partial charge on any atom is -0.394 e. The van der Waals surface area contributed by atoms with Gasteiger partial charge in [0.05, 0.1) is 16.7 Å². The number of aliphatic hydroxyl groups is 1. The highest BCUT2D eigenvalue weighted by Crippen LogP contribution is 2.26. The van der Waals surface area contributed by atoms with Crippen molar-refractivity contribution in [2.45, 2.75) is 36.1 Å². The highest BCUT2D eigenvalue weighted by atomic mass is 35.5. The van der Waals surface area contributed by atoms with Gasteiger partial charge in [-0.1, -0.05) is 18.5 Å². The molecule has 0 amide bonds. The van der Waals surface area contributed by atoms with Crippen LogP contribution in [0.1, 0.15) is 20.3 Å². The number of pyridine rings is 1. The molecule has 5 heteroatoms. The molecule has 16 heavy (non-hydrogen) atoms. The van der Waals surface area contributed by atoms with E-state index in [2.05, 4.69) is 11.9 Å². The molecule has 1 heterocycles. The lowest BCUT2D eigenvalue weighted by Crippen LogP contribution is -2.42. The monoisotopic (exact) mass is 260 g/mol. The number of hydrogen-bond acceptors (Lipinski definition) is 4. The van der Waals surface area contributed by atoms with Crippen molar-refractivity contribution < 1.29 is 5.11 Å². The molecule has 0 saturated carbocycles. The topological polar surface area (TPSA) is 59.1 Å². The molecule has 0 fully saturated rings. The molecular formula is C11H17ClN2OS. The lowest BCUT2D eigenvalue weighted by molar-refractivity contribution is 0.201. The van der Waals surface area contributed by atoms with E-state index in [4.69, 9.17) is 22.4 Å². The summed E-state index contributed by atoms with van der Waals surface area (Å²) in [7, 11) is 0. The predicted octanol–water partition coefficient (Wildman–Crippen LogP) is 2.32. The zero-order valence-corrected chi connectivity index (χ0v) is 11.1. The Morgan fingerprint density at radius 1 is 1.62 bits per heavy atom. The first-order chi connectivity index (χ1) is 7.43. The Kier molecular flexibility index (Phi) is 5.05. The Balaban J connectivity index is 2.51. The van der Waals surface area contributed by atoms with Gasteiger partial charge in [-0.25, -0.2) is 4.98 Å². The highest BCUT2D eigenvalue weighted by Gasteiger charge is 2.21. The first-order valence-electron chi connectivity index (χ1n) is 5.11. The normalized spacial score (nSPS) is 16.8. The minimum absolute atomic E-state index is 0.00799. The standard InChI is InChI=1S/C11H17ClN2OS/c1-8(5-11(2,13)7-15)16-10-4-3-9(12)6-14-10/h3-4,6,8,15H,5,7,13H2,1-2H3. The minimum atomic E-state index is -0.529. The van der Waals surface area contributed by atoms with Crippen molar-refractivity contribution in [3.63, 3.8) is 0 Å². The van der Waals surface area contributed by atoms with Crippen molar-refractivity contribution in [1.29, 1.82) is 0 Å². The van der Waals surface area contributed by atoms with E-state index in [1.807, 2.05) is 19.1 Å². The van der Waals surface area contributed by atoms with Gasteiger partial charge in [0.25, 0.3) is 0 Å². The molecule has 0 aliphatic heterocycles. The molecule has 1 rings (SSSR count). The number of nitrogens with zero attached hydrogens (tertiary/aromatic N) is 1. The number of nitrogens with two attached hydrogens (primary N) is 1. The largest absolute Gasteiger partial charge is 0.394 e. The maximum atomic E-state index is 9.08. The molecule has 0 aliphatic carbocycles. The molecule has 2 atom stereocenters. The van der Waals surface area contributed by atoms with Crippen molar-refractivity contribution in [3.8, 4) is 0 Å². The summed E-state index contributed by atoms with van der Waals surface area (Å²) in [5.74, 6) is 0. The molecule has 1 aromatic heterocycles. The maximum absolute atomic E-state index is 9.08. The van der Waals surface area contributed by atoms with Crippen LogP contribution >= 0.6 is 23.4 Å². The van der Waals surface area contributed by atoms with Crippen LogP contribution in [0.2, 0.25) is 5.02 Å². The van der Waals surface area contributed by atoms with E-state index in [1.165, 1.54) is 0 Å². The van der Waals surface area contributed by atoms with E-state index in [9.17, 15) is 0 Å².